The molecule has 0 unspecified atom stereocenters. The third-order valence-electron chi connectivity index (χ3n) is 1.98. The van der Waals surface area contributed by atoms with Gasteiger partial charge >= 0.3 is 29.1 Å². The van der Waals surface area contributed by atoms with Crippen molar-refractivity contribution in [2.75, 3.05) is 0 Å². The molecule has 2 aromatic rings. The van der Waals surface area contributed by atoms with E-state index in [0.717, 1.165) is 24.3 Å². The molecule has 19 heavy (non-hydrogen) atoms. The van der Waals surface area contributed by atoms with E-state index in [1.165, 1.54) is 24.3 Å². The largest absolute Gasteiger partial charge is 2.00 e. The second kappa shape index (κ2) is 6.81. The molecule has 0 spiro atoms. The summed E-state index contributed by atoms with van der Waals surface area (Å²) in [5.41, 5.74) is -1.16. The quantitative estimate of drug-likeness (QED) is 0.480. The van der Waals surface area contributed by atoms with E-state index in [1.54, 1.807) is 0 Å². The molecular weight excluding hydrogens is 317 g/mol. The topological polar surface area (TPSA) is 0 Å². The average Bonchev–Trinajstić information content (AvgIpc) is 2.91. The van der Waals surface area contributed by atoms with Crippen molar-refractivity contribution >= 4 is 0 Å². The second-order valence-corrected chi connectivity index (χ2v) is 3.34. The van der Waals surface area contributed by atoms with Gasteiger partial charge in [0.15, 0.2) is 0 Å². The first-order valence-electron chi connectivity index (χ1n) is 4.79. The molecule has 0 saturated carbocycles. The SMILES string of the molecule is FC(F)(F)[c-]1cccc1.FC(F)(F)[c-]1cccc1.[Co+2]. The number of alkyl halides is 6. The molecule has 0 aliphatic heterocycles. The smallest absolute Gasteiger partial charge is 0.213 e. The summed E-state index contributed by atoms with van der Waals surface area (Å²) in [4.78, 5) is 0. The standard InChI is InChI=1S/2C6H4F3.Co/c2*7-6(8,9)5-3-1-2-4-5;/h2*1-4H;/q2*-1;+2. The fourth-order valence-corrected chi connectivity index (χ4v) is 1.13. The molecule has 2 aromatic carbocycles. The Bertz CT molecular complexity index is 391. The Balaban J connectivity index is 0.000000324. The van der Waals surface area contributed by atoms with E-state index in [0.29, 0.717) is 0 Å². The van der Waals surface area contributed by atoms with Crippen LogP contribution in [0, 0.1) is 0 Å². The Hall–Kier alpha value is -1.21. The molecule has 2 rings (SSSR count). The van der Waals surface area contributed by atoms with Crippen molar-refractivity contribution in [3.05, 3.63) is 59.7 Å². The van der Waals surface area contributed by atoms with E-state index in [2.05, 4.69) is 0 Å². The maximum Gasteiger partial charge on any atom is 2.00 e. The Morgan fingerprint density at radius 1 is 0.526 bits per heavy atom. The van der Waals surface area contributed by atoms with Crippen molar-refractivity contribution in [3.8, 4) is 0 Å². The van der Waals surface area contributed by atoms with Gasteiger partial charge in [-0.2, -0.15) is 50.6 Å². The number of halogens is 6. The van der Waals surface area contributed by atoms with Crippen LogP contribution in [0.25, 0.3) is 0 Å². The molecule has 1 radical (unpaired) electrons. The summed E-state index contributed by atoms with van der Waals surface area (Å²) in [7, 11) is 0. The van der Waals surface area contributed by atoms with Crippen LogP contribution in [-0.4, -0.2) is 0 Å². The van der Waals surface area contributed by atoms with Gasteiger partial charge in [0.2, 0.25) is 0 Å². The van der Waals surface area contributed by atoms with E-state index < -0.39 is 23.5 Å². The maximum atomic E-state index is 11.6. The normalized spacial score (nSPS) is 11.3. The molecule has 0 amide bonds. The van der Waals surface area contributed by atoms with Crippen LogP contribution >= 0.6 is 0 Å². The molecule has 0 fully saturated rings. The molecule has 0 saturated heterocycles. The molecular formula is C12H8CoF6. The average molecular weight is 325 g/mol. The van der Waals surface area contributed by atoms with Crippen LogP contribution in [0.3, 0.4) is 0 Å². The number of rotatable bonds is 0. The van der Waals surface area contributed by atoms with Gasteiger partial charge < -0.3 is 0 Å². The fraction of sp³-hybridized carbons (Fsp3) is 0.167. The number of hydrogen-bond acceptors (Lipinski definition) is 0. The van der Waals surface area contributed by atoms with Crippen molar-refractivity contribution in [1.82, 2.24) is 0 Å². The van der Waals surface area contributed by atoms with Gasteiger partial charge in [-0.3, -0.25) is 0 Å². The minimum absolute atomic E-state index is 0. The Kier molecular flexibility index (Phi) is 6.37. The van der Waals surface area contributed by atoms with Crippen LogP contribution < -0.4 is 0 Å². The molecule has 107 valence electrons. The molecule has 0 N–H and O–H groups in total. The van der Waals surface area contributed by atoms with Crippen LogP contribution in [0.4, 0.5) is 26.3 Å². The summed E-state index contributed by atoms with van der Waals surface area (Å²) >= 11 is 0. The maximum absolute atomic E-state index is 11.6. The van der Waals surface area contributed by atoms with Crippen LogP contribution in [0.1, 0.15) is 11.1 Å². The Morgan fingerprint density at radius 3 is 0.842 bits per heavy atom. The zero-order valence-corrected chi connectivity index (χ0v) is 10.3. The van der Waals surface area contributed by atoms with Gasteiger partial charge in [0.05, 0.1) is 0 Å². The molecule has 0 bridgehead atoms. The molecule has 0 aliphatic carbocycles. The number of hydrogen-bond donors (Lipinski definition) is 0. The third kappa shape index (κ3) is 5.97. The van der Waals surface area contributed by atoms with E-state index in [9.17, 15) is 26.3 Å². The first-order chi connectivity index (χ1) is 8.21. The summed E-state index contributed by atoms with van der Waals surface area (Å²) in [6.45, 7) is 0. The van der Waals surface area contributed by atoms with E-state index in [1.807, 2.05) is 0 Å². The predicted molar refractivity (Wildman–Crippen MR) is 54.1 cm³/mol. The summed E-state index contributed by atoms with van der Waals surface area (Å²) in [5.74, 6) is 0. The first kappa shape index (κ1) is 17.8. The van der Waals surface area contributed by atoms with Crippen LogP contribution in [0.15, 0.2) is 48.5 Å². The minimum atomic E-state index is -4.18. The van der Waals surface area contributed by atoms with Crippen molar-refractivity contribution in [1.29, 1.82) is 0 Å². The van der Waals surface area contributed by atoms with Crippen molar-refractivity contribution in [3.63, 3.8) is 0 Å². The fourth-order valence-electron chi connectivity index (χ4n) is 1.13. The molecule has 0 atom stereocenters. The Morgan fingerprint density at radius 2 is 0.737 bits per heavy atom. The summed E-state index contributed by atoms with van der Waals surface area (Å²) < 4.78 is 69.7. The predicted octanol–water partition coefficient (Wildman–Crippen LogP) is 4.85. The van der Waals surface area contributed by atoms with Crippen LogP contribution in [-0.2, 0) is 29.1 Å². The minimum Gasteiger partial charge on any atom is -0.213 e. The summed E-state index contributed by atoms with van der Waals surface area (Å²) in [6, 6.07) is 9.62. The molecule has 0 aromatic heterocycles. The van der Waals surface area contributed by atoms with Gasteiger partial charge in [-0.05, 0) is 0 Å². The molecule has 0 aliphatic rings. The van der Waals surface area contributed by atoms with Crippen molar-refractivity contribution < 1.29 is 43.1 Å². The van der Waals surface area contributed by atoms with E-state index in [-0.39, 0.29) is 16.8 Å². The zero-order chi connectivity index (χ0) is 13.8. The van der Waals surface area contributed by atoms with Gasteiger partial charge in [0.1, 0.15) is 0 Å². The summed E-state index contributed by atoms with van der Waals surface area (Å²) in [5, 5.41) is 0. The molecule has 0 heterocycles. The van der Waals surface area contributed by atoms with Gasteiger partial charge in [-0.15, -0.1) is 0 Å². The summed E-state index contributed by atoms with van der Waals surface area (Å²) in [6.07, 6.45) is -8.35. The van der Waals surface area contributed by atoms with Crippen molar-refractivity contribution in [2.24, 2.45) is 0 Å². The van der Waals surface area contributed by atoms with E-state index in [4.69, 9.17) is 0 Å². The monoisotopic (exact) mass is 325 g/mol. The second-order valence-electron chi connectivity index (χ2n) is 3.34. The Labute approximate surface area is 116 Å². The molecule has 7 heteroatoms. The van der Waals surface area contributed by atoms with Gasteiger partial charge in [0, 0.05) is 0 Å². The first-order valence-corrected chi connectivity index (χ1v) is 4.79. The zero-order valence-electron chi connectivity index (χ0n) is 9.22. The van der Waals surface area contributed by atoms with Gasteiger partial charge in [0.25, 0.3) is 0 Å². The van der Waals surface area contributed by atoms with Gasteiger partial charge in [-0.25, -0.2) is 24.3 Å². The third-order valence-corrected chi connectivity index (χ3v) is 1.98. The van der Waals surface area contributed by atoms with Crippen LogP contribution in [0.2, 0.25) is 0 Å². The van der Waals surface area contributed by atoms with Gasteiger partial charge in [-0.1, -0.05) is 11.1 Å². The molecule has 0 nitrogen and oxygen atoms in total. The van der Waals surface area contributed by atoms with Crippen LogP contribution in [0.5, 0.6) is 0 Å². The van der Waals surface area contributed by atoms with E-state index >= 15 is 0 Å². The van der Waals surface area contributed by atoms with Crippen molar-refractivity contribution in [2.45, 2.75) is 12.4 Å².